The Bertz CT molecular complexity index is 201. The molecule has 9 heavy (non-hydrogen) atoms. The summed E-state index contributed by atoms with van der Waals surface area (Å²) < 4.78 is 1.03. The highest BCUT2D eigenvalue weighted by molar-refractivity contribution is 9.11. The molecule has 1 nitrogen and oxygen atoms in total. The van der Waals surface area contributed by atoms with E-state index in [1.165, 1.54) is 0 Å². The van der Waals surface area contributed by atoms with Crippen LogP contribution in [0.3, 0.4) is 0 Å². The molecule has 0 aromatic carbocycles. The summed E-state index contributed by atoms with van der Waals surface area (Å²) in [5.74, 6) is 3.28. The number of allylic oxidation sites excluding steroid dienone is 1. The van der Waals surface area contributed by atoms with Crippen LogP contribution in [0.5, 0.6) is 0 Å². The summed E-state index contributed by atoms with van der Waals surface area (Å²) >= 11 is 3.35. The van der Waals surface area contributed by atoms with Crippen molar-refractivity contribution in [1.29, 1.82) is 0 Å². The SMILES string of the molecule is O[C@H]1C(Br)=CC2C3C1[C@H]23. The number of aliphatic hydroxyl groups is 1. The fraction of sp³-hybridized carbons (Fsp3) is 0.714. The van der Waals surface area contributed by atoms with Gasteiger partial charge in [-0.05, 0) is 23.7 Å². The Morgan fingerprint density at radius 2 is 2.00 bits per heavy atom. The van der Waals surface area contributed by atoms with Crippen LogP contribution >= 0.6 is 15.9 Å². The van der Waals surface area contributed by atoms with E-state index in [4.69, 9.17) is 0 Å². The van der Waals surface area contributed by atoms with Gasteiger partial charge in [0.25, 0.3) is 0 Å². The van der Waals surface area contributed by atoms with Crippen molar-refractivity contribution < 1.29 is 5.11 Å². The molecule has 2 saturated carbocycles. The van der Waals surface area contributed by atoms with E-state index in [-0.39, 0.29) is 6.10 Å². The standard InChI is InChI=1S/C7H7BrO/c8-3-1-2-4-5(2)6(4)7(3)9/h1-2,4-7,9H/t2?,4-,5?,6?,7+/m1/s1. The van der Waals surface area contributed by atoms with E-state index in [2.05, 4.69) is 22.0 Å². The highest BCUT2D eigenvalue weighted by Crippen LogP contribution is 2.78. The predicted octanol–water partition coefficient (Wildman–Crippen LogP) is 1.13. The van der Waals surface area contributed by atoms with Crippen LogP contribution in [-0.2, 0) is 0 Å². The molecule has 4 rings (SSSR count). The molecule has 2 bridgehead atoms. The molecule has 48 valence electrons. The molecule has 0 saturated heterocycles. The third kappa shape index (κ3) is 0.393. The summed E-state index contributed by atoms with van der Waals surface area (Å²) in [6.45, 7) is 0. The minimum atomic E-state index is -0.148. The second kappa shape index (κ2) is 1.15. The second-order valence-corrected chi connectivity index (χ2v) is 4.22. The van der Waals surface area contributed by atoms with Gasteiger partial charge in [-0.2, -0.15) is 0 Å². The van der Waals surface area contributed by atoms with Crippen LogP contribution in [0.4, 0.5) is 0 Å². The van der Waals surface area contributed by atoms with Crippen molar-refractivity contribution in [2.45, 2.75) is 6.10 Å². The molecule has 2 fully saturated rings. The number of hydrogen-bond acceptors (Lipinski definition) is 1. The number of fused-ring (bicyclic) bond motifs is 1. The maximum atomic E-state index is 9.39. The fourth-order valence-corrected chi connectivity index (χ4v) is 2.86. The first-order chi connectivity index (χ1) is 4.30. The lowest BCUT2D eigenvalue weighted by Gasteiger charge is -2.21. The summed E-state index contributed by atoms with van der Waals surface area (Å²) in [6.07, 6.45) is 2.03. The lowest BCUT2D eigenvalue weighted by Crippen LogP contribution is -2.22. The molecule has 4 aliphatic rings. The van der Waals surface area contributed by atoms with Gasteiger partial charge in [-0.3, -0.25) is 0 Å². The Morgan fingerprint density at radius 3 is 2.44 bits per heavy atom. The molecule has 0 heterocycles. The van der Waals surface area contributed by atoms with Gasteiger partial charge in [0.2, 0.25) is 0 Å². The smallest absolute Gasteiger partial charge is 0.0885 e. The van der Waals surface area contributed by atoms with Crippen LogP contribution in [0.25, 0.3) is 0 Å². The van der Waals surface area contributed by atoms with Crippen LogP contribution in [0, 0.1) is 23.7 Å². The van der Waals surface area contributed by atoms with Gasteiger partial charge in [-0.25, -0.2) is 0 Å². The average molecular weight is 187 g/mol. The Morgan fingerprint density at radius 1 is 1.33 bits per heavy atom. The molecule has 1 N–H and O–H groups in total. The van der Waals surface area contributed by atoms with Crippen molar-refractivity contribution in [1.82, 2.24) is 0 Å². The number of hydrogen-bond donors (Lipinski definition) is 1. The molecule has 0 spiro atoms. The summed E-state index contributed by atoms with van der Waals surface area (Å²) in [7, 11) is 0. The average Bonchev–Trinajstić information content (AvgIpc) is 2.61. The molecular weight excluding hydrogens is 180 g/mol. The van der Waals surface area contributed by atoms with Crippen molar-refractivity contribution in [2.75, 3.05) is 0 Å². The van der Waals surface area contributed by atoms with Crippen molar-refractivity contribution in [3.05, 3.63) is 10.6 Å². The quantitative estimate of drug-likeness (QED) is 0.602. The maximum Gasteiger partial charge on any atom is 0.0885 e. The highest BCUT2D eigenvalue weighted by Gasteiger charge is 2.76. The minimum Gasteiger partial charge on any atom is -0.388 e. The van der Waals surface area contributed by atoms with Gasteiger partial charge in [0, 0.05) is 4.48 Å². The van der Waals surface area contributed by atoms with Crippen LogP contribution in [0.2, 0.25) is 0 Å². The highest BCUT2D eigenvalue weighted by atomic mass is 79.9. The van der Waals surface area contributed by atoms with Gasteiger partial charge in [0.1, 0.15) is 0 Å². The van der Waals surface area contributed by atoms with Gasteiger partial charge in [-0.1, -0.05) is 22.0 Å². The Balaban J connectivity index is 2.04. The van der Waals surface area contributed by atoms with E-state index >= 15 is 0 Å². The van der Waals surface area contributed by atoms with E-state index in [1.54, 1.807) is 0 Å². The minimum absolute atomic E-state index is 0.148. The zero-order valence-corrected chi connectivity index (χ0v) is 6.38. The molecule has 0 radical (unpaired) electrons. The molecule has 0 aliphatic heterocycles. The Kier molecular flexibility index (Phi) is 0.626. The number of halogens is 1. The van der Waals surface area contributed by atoms with E-state index in [9.17, 15) is 5.11 Å². The summed E-state index contributed by atoms with van der Waals surface area (Å²) in [5, 5.41) is 9.39. The summed E-state index contributed by atoms with van der Waals surface area (Å²) in [5.41, 5.74) is 0. The van der Waals surface area contributed by atoms with E-state index < -0.39 is 0 Å². The third-order valence-corrected chi connectivity index (χ3v) is 3.67. The lowest BCUT2D eigenvalue weighted by atomic mass is 9.93. The van der Waals surface area contributed by atoms with Gasteiger partial charge < -0.3 is 5.11 Å². The zero-order chi connectivity index (χ0) is 6.17. The van der Waals surface area contributed by atoms with Crippen molar-refractivity contribution in [2.24, 2.45) is 23.7 Å². The van der Waals surface area contributed by atoms with Crippen LogP contribution in [0.1, 0.15) is 0 Å². The first-order valence-electron chi connectivity index (χ1n) is 3.36. The fourth-order valence-electron chi connectivity index (χ4n) is 2.25. The third-order valence-electron chi connectivity index (χ3n) is 2.94. The summed E-state index contributed by atoms with van der Waals surface area (Å²) in [6, 6.07) is 0. The van der Waals surface area contributed by atoms with E-state index in [0.29, 0.717) is 5.92 Å². The van der Waals surface area contributed by atoms with Crippen LogP contribution < -0.4 is 0 Å². The Hall–Kier alpha value is 0.180. The summed E-state index contributed by atoms with van der Waals surface area (Å²) in [4.78, 5) is 0. The number of aliphatic hydroxyl groups excluding tert-OH is 1. The maximum absolute atomic E-state index is 9.39. The predicted molar refractivity (Wildman–Crippen MR) is 37.0 cm³/mol. The van der Waals surface area contributed by atoms with Gasteiger partial charge >= 0.3 is 0 Å². The first-order valence-corrected chi connectivity index (χ1v) is 4.15. The molecule has 4 aliphatic carbocycles. The Labute approximate surface area is 61.9 Å². The van der Waals surface area contributed by atoms with Crippen LogP contribution in [-0.4, -0.2) is 11.2 Å². The number of rotatable bonds is 0. The van der Waals surface area contributed by atoms with Crippen LogP contribution in [0.15, 0.2) is 10.6 Å². The zero-order valence-electron chi connectivity index (χ0n) is 4.79. The van der Waals surface area contributed by atoms with Crippen molar-refractivity contribution >= 4 is 15.9 Å². The van der Waals surface area contributed by atoms with Gasteiger partial charge in [0.05, 0.1) is 6.10 Å². The lowest BCUT2D eigenvalue weighted by molar-refractivity contribution is 0.154. The molecular formula is C7H7BrO. The van der Waals surface area contributed by atoms with Crippen molar-refractivity contribution in [3.63, 3.8) is 0 Å². The molecule has 3 unspecified atom stereocenters. The largest absolute Gasteiger partial charge is 0.388 e. The topological polar surface area (TPSA) is 20.2 Å². The molecule has 2 heteroatoms. The van der Waals surface area contributed by atoms with E-state index in [0.717, 1.165) is 22.2 Å². The normalized spacial score (nSPS) is 66.4. The second-order valence-electron chi connectivity index (χ2n) is 3.31. The van der Waals surface area contributed by atoms with Gasteiger partial charge in [0.15, 0.2) is 0 Å². The molecule has 0 aromatic heterocycles. The van der Waals surface area contributed by atoms with Crippen molar-refractivity contribution in [3.8, 4) is 0 Å². The molecule has 0 aromatic rings. The monoisotopic (exact) mass is 186 g/mol. The van der Waals surface area contributed by atoms with Gasteiger partial charge in [-0.15, -0.1) is 0 Å². The molecule has 5 atom stereocenters. The molecule has 0 amide bonds. The van der Waals surface area contributed by atoms with E-state index in [1.807, 2.05) is 0 Å². The first kappa shape index (κ1) is 4.91.